The van der Waals surface area contributed by atoms with Crippen molar-refractivity contribution >= 4 is 29.1 Å². The highest BCUT2D eigenvalue weighted by atomic mass is 32.1. The van der Waals surface area contributed by atoms with E-state index in [0.29, 0.717) is 50.8 Å². The molecule has 0 spiro atoms. The molecule has 1 atom stereocenters. The van der Waals surface area contributed by atoms with Crippen LogP contribution in [0.4, 0.5) is 5.82 Å². The number of amides is 1. The first-order valence-electron chi connectivity index (χ1n) is 12.8. The van der Waals surface area contributed by atoms with Gasteiger partial charge in [-0.15, -0.1) is 0 Å². The number of nitrogens with zero attached hydrogens (tertiary/aromatic N) is 4. The molecule has 8 heteroatoms. The number of likely N-dealkylation sites (N-methyl/N-ethyl adjacent to an activating group) is 1. The molecule has 2 aliphatic heterocycles. The predicted octanol–water partition coefficient (Wildman–Crippen LogP) is 4.13. The number of rotatable bonds is 8. The molecule has 1 aromatic carbocycles. The average Bonchev–Trinajstić information content (AvgIpc) is 3.49. The van der Waals surface area contributed by atoms with Crippen LogP contribution in [-0.4, -0.2) is 92.9 Å². The van der Waals surface area contributed by atoms with Gasteiger partial charge in [0, 0.05) is 57.3 Å². The number of benzene rings is 1. The number of carbonyl (C=O) groups excluding carboxylic acids is 1. The molecular weight excluding hydrogens is 484 g/mol. The summed E-state index contributed by atoms with van der Waals surface area (Å²) in [6.45, 7) is 6.38. The van der Waals surface area contributed by atoms with E-state index in [9.17, 15) is 4.79 Å². The topological polar surface area (TPSA) is 58.1 Å². The third kappa shape index (κ3) is 6.64. The molecule has 2 fully saturated rings. The van der Waals surface area contributed by atoms with Crippen LogP contribution in [0.25, 0.3) is 17.3 Å². The van der Waals surface area contributed by atoms with Crippen LogP contribution >= 0.6 is 11.3 Å². The van der Waals surface area contributed by atoms with E-state index in [2.05, 4.69) is 40.6 Å². The van der Waals surface area contributed by atoms with E-state index in [1.165, 1.54) is 5.56 Å². The van der Waals surface area contributed by atoms with Crippen LogP contribution in [0.15, 0.2) is 65.4 Å². The summed E-state index contributed by atoms with van der Waals surface area (Å²) in [6.07, 6.45) is 4.31. The number of carbonyl (C=O) groups is 1. The Bertz CT molecular complexity index is 1170. The van der Waals surface area contributed by atoms with Gasteiger partial charge in [-0.1, -0.05) is 42.5 Å². The Labute approximate surface area is 222 Å². The molecule has 194 valence electrons. The van der Waals surface area contributed by atoms with Crippen molar-refractivity contribution in [2.24, 2.45) is 0 Å². The van der Waals surface area contributed by atoms with E-state index < -0.39 is 0 Å². The molecule has 2 aliphatic rings. The lowest BCUT2D eigenvalue weighted by Gasteiger charge is -2.35. The lowest BCUT2D eigenvalue weighted by atomic mass is 10.1. The van der Waals surface area contributed by atoms with Gasteiger partial charge in [0.05, 0.1) is 37.2 Å². The summed E-state index contributed by atoms with van der Waals surface area (Å²) in [7, 11) is 1.98. The molecule has 0 radical (unpaired) electrons. The number of pyridine rings is 1. The zero-order chi connectivity index (χ0) is 25.5. The van der Waals surface area contributed by atoms with Crippen molar-refractivity contribution in [2.45, 2.75) is 6.10 Å². The van der Waals surface area contributed by atoms with Crippen LogP contribution in [-0.2, 0) is 9.47 Å². The fourth-order valence-electron chi connectivity index (χ4n) is 4.72. The Kier molecular flexibility index (Phi) is 8.63. The van der Waals surface area contributed by atoms with Gasteiger partial charge in [-0.2, -0.15) is 11.3 Å². The lowest BCUT2D eigenvalue weighted by Crippen LogP contribution is -2.49. The van der Waals surface area contributed by atoms with Gasteiger partial charge in [0.1, 0.15) is 5.82 Å². The summed E-state index contributed by atoms with van der Waals surface area (Å²) >= 11 is 1.64. The number of piperazine rings is 1. The highest BCUT2D eigenvalue weighted by Crippen LogP contribution is 2.27. The zero-order valence-corrected chi connectivity index (χ0v) is 22.1. The van der Waals surface area contributed by atoms with Gasteiger partial charge in [0.15, 0.2) is 0 Å². The van der Waals surface area contributed by atoms with E-state index in [1.54, 1.807) is 11.3 Å². The van der Waals surface area contributed by atoms with Crippen molar-refractivity contribution in [3.63, 3.8) is 0 Å². The van der Waals surface area contributed by atoms with E-state index in [-0.39, 0.29) is 12.0 Å². The summed E-state index contributed by atoms with van der Waals surface area (Å²) in [6, 6.07) is 16.3. The minimum atomic E-state index is -0.0409. The van der Waals surface area contributed by atoms with Gasteiger partial charge >= 0.3 is 0 Å². The minimum Gasteiger partial charge on any atom is -0.376 e. The van der Waals surface area contributed by atoms with Crippen molar-refractivity contribution in [1.82, 2.24) is 14.8 Å². The fraction of sp³-hybridized carbons (Fsp3) is 0.379. The van der Waals surface area contributed by atoms with E-state index in [1.807, 2.05) is 52.6 Å². The number of ether oxygens (including phenoxy) is 2. The predicted molar refractivity (Wildman–Crippen MR) is 149 cm³/mol. The number of hydrogen-bond donors (Lipinski definition) is 0. The standard InChI is InChI=1S/C29H34N4O3S/c1-31(20-25-21-35-17-18-36-25)28-26(9-10-27(30-28)24-11-19-37-22-24)29(34)33-15-13-32(14-16-33)12-5-8-23-6-3-2-4-7-23/h2-11,19,22,25H,12-18,20-21H2,1H3. The number of anilines is 1. The number of thiophene rings is 1. The SMILES string of the molecule is CN(CC1COCCO1)c1nc(-c2ccsc2)ccc1C(=O)N1CCN(CC=Cc2ccccc2)CC1. The van der Waals surface area contributed by atoms with Crippen LogP contribution < -0.4 is 4.90 Å². The molecule has 0 aliphatic carbocycles. The second-order valence-electron chi connectivity index (χ2n) is 9.43. The largest absolute Gasteiger partial charge is 0.376 e. The number of hydrogen-bond acceptors (Lipinski definition) is 7. The molecule has 4 heterocycles. The maximum atomic E-state index is 13.7. The highest BCUT2D eigenvalue weighted by Gasteiger charge is 2.27. The van der Waals surface area contributed by atoms with Gasteiger partial charge < -0.3 is 19.3 Å². The number of aromatic nitrogens is 1. The molecule has 7 nitrogen and oxygen atoms in total. The molecule has 1 unspecified atom stereocenters. The van der Waals surface area contributed by atoms with Gasteiger partial charge in [-0.3, -0.25) is 9.69 Å². The van der Waals surface area contributed by atoms with E-state index in [4.69, 9.17) is 14.5 Å². The first kappa shape index (κ1) is 25.6. The zero-order valence-electron chi connectivity index (χ0n) is 21.3. The quantitative estimate of drug-likeness (QED) is 0.447. The van der Waals surface area contributed by atoms with Gasteiger partial charge in [0.2, 0.25) is 0 Å². The van der Waals surface area contributed by atoms with E-state index >= 15 is 0 Å². The maximum Gasteiger partial charge on any atom is 0.257 e. The molecule has 0 N–H and O–H groups in total. The maximum absolute atomic E-state index is 13.7. The van der Waals surface area contributed by atoms with Crippen molar-refractivity contribution < 1.29 is 14.3 Å². The summed E-state index contributed by atoms with van der Waals surface area (Å²) in [5, 5.41) is 4.12. The molecule has 5 rings (SSSR count). The summed E-state index contributed by atoms with van der Waals surface area (Å²) < 4.78 is 11.4. The molecule has 0 bridgehead atoms. The molecular formula is C29H34N4O3S. The second-order valence-corrected chi connectivity index (χ2v) is 10.2. The Balaban J connectivity index is 1.26. The summed E-state index contributed by atoms with van der Waals surface area (Å²) in [5.41, 5.74) is 3.77. The van der Waals surface area contributed by atoms with Gasteiger partial charge in [0.25, 0.3) is 5.91 Å². The fourth-order valence-corrected chi connectivity index (χ4v) is 5.37. The third-order valence-corrected chi connectivity index (χ3v) is 7.46. The van der Waals surface area contributed by atoms with Crippen LogP contribution in [0.2, 0.25) is 0 Å². The smallest absolute Gasteiger partial charge is 0.257 e. The van der Waals surface area contributed by atoms with Crippen LogP contribution in [0.3, 0.4) is 0 Å². The molecule has 1 amide bonds. The summed E-state index contributed by atoms with van der Waals surface area (Å²) in [5.74, 6) is 0.725. The molecule has 3 aromatic rings. The van der Waals surface area contributed by atoms with E-state index in [0.717, 1.165) is 30.9 Å². The van der Waals surface area contributed by atoms with Crippen molar-refractivity contribution in [2.75, 3.05) is 71.0 Å². The second kappa shape index (κ2) is 12.5. The van der Waals surface area contributed by atoms with Gasteiger partial charge in [-0.05, 0) is 29.1 Å². The molecule has 2 aromatic heterocycles. The Morgan fingerprint density at radius 3 is 2.68 bits per heavy atom. The first-order chi connectivity index (χ1) is 18.2. The first-order valence-corrected chi connectivity index (χ1v) is 13.8. The lowest BCUT2D eigenvalue weighted by molar-refractivity contribution is -0.0837. The molecule has 2 saturated heterocycles. The van der Waals surface area contributed by atoms with Crippen molar-refractivity contribution in [3.05, 3.63) is 76.5 Å². The molecule has 0 saturated carbocycles. The van der Waals surface area contributed by atoms with Crippen molar-refractivity contribution in [1.29, 1.82) is 0 Å². The molecule has 37 heavy (non-hydrogen) atoms. The minimum absolute atomic E-state index is 0.0338. The van der Waals surface area contributed by atoms with Crippen LogP contribution in [0.5, 0.6) is 0 Å². The Morgan fingerprint density at radius 2 is 1.95 bits per heavy atom. The monoisotopic (exact) mass is 518 g/mol. The summed E-state index contributed by atoms with van der Waals surface area (Å²) in [4.78, 5) is 25.0. The Morgan fingerprint density at radius 1 is 1.11 bits per heavy atom. The average molecular weight is 519 g/mol. The van der Waals surface area contributed by atoms with Crippen LogP contribution in [0.1, 0.15) is 15.9 Å². The Hall–Kier alpha value is -3.04. The normalized spacial score (nSPS) is 18.8. The third-order valence-electron chi connectivity index (χ3n) is 6.78. The van der Waals surface area contributed by atoms with Crippen molar-refractivity contribution in [3.8, 4) is 11.3 Å². The van der Waals surface area contributed by atoms with Gasteiger partial charge in [-0.25, -0.2) is 4.98 Å². The van der Waals surface area contributed by atoms with Crippen LogP contribution in [0, 0.1) is 0 Å². The highest BCUT2D eigenvalue weighted by molar-refractivity contribution is 7.08.